The number of pyridine rings is 1. The Morgan fingerprint density at radius 2 is 2.00 bits per heavy atom. The molecule has 1 aliphatic heterocycles. The van der Waals surface area contributed by atoms with Crippen LogP contribution in [0.4, 0.5) is 4.79 Å². The number of nitrogens with zero attached hydrogens (tertiary/aromatic N) is 2. The van der Waals surface area contributed by atoms with Crippen LogP contribution >= 0.6 is 0 Å². The summed E-state index contributed by atoms with van der Waals surface area (Å²) < 4.78 is 5.70. The first-order valence-electron chi connectivity index (χ1n) is 9.45. The number of rotatable bonds is 6. The van der Waals surface area contributed by atoms with Gasteiger partial charge in [0.2, 0.25) is 0 Å². The average molecular weight is 369 g/mol. The SMILES string of the molecule is Cc1ccccc1OCCNC(=O)N1CCC(C(O)c2ccccn2)CC1. The Bertz CT molecular complexity index is 730. The van der Waals surface area contributed by atoms with Crippen LogP contribution in [0.25, 0.3) is 0 Å². The summed E-state index contributed by atoms with van der Waals surface area (Å²) in [4.78, 5) is 18.3. The van der Waals surface area contributed by atoms with Crippen molar-refractivity contribution in [2.45, 2.75) is 25.9 Å². The number of aliphatic hydroxyl groups is 1. The van der Waals surface area contributed by atoms with Gasteiger partial charge in [-0.15, -0.1) is 0 Å². The average Bonchev–Trinajstić information content (AvgIpc) is 2.72. The van der Waals surface area contributed by atoms with E-state index >= 15 is 0 Å². The number of urea groups is 1. The van der Waals surface area contributed by atoms with Crippen molar-refractivity contribution >= 4 is 6.03 Å². The van der Waals surface area contributed by atoms with Gasteiger partial charge in [0.1, 0.15) is 12.4 Å². The topological polar surface area (TPSA) is 74.7 Å². The number of benzene rings is 1. The zero-order chi connectivity index (χ0) is 19.1. The minimum absolute atomic E-state index is 0.0749. The van der Waals surface area contributed by atoms with E-state index in [0.717, 1.165) is 24.2 Å². The molecule has 27 heavy (non-hydrogen) atoms. The quantitative estimate of drug-likeness (QED) is 0.768. The Morgan fingerprint density at radius 3 is 2.70 bits per heavy atom. The predicted octanol–water partition coefficient (Wildman–Crippen LogP) is 2.92. The Labute approximate surface area is 160 Å². The molecule has 0 saturated carbocycles. The summed E-state index contributed by atoms with van der Waals surface area (Å²) in [5.41, 5.74) is 1.78. The zero-order valence-corrected chi connectivity index (χ0v) is 15.7. The molecular weight excluding hydrogens is 342 g/mol. The molecule has 3 rings (SSSR count). The molecule has 2 amide bonds. The van der Waals surface area contributed by atoms with Gasteiger partial charge in [-0.3, -0.25) is 4.98 Å². The van der Waals surface area contributed by atoms with Crippen LogP contribution < -0.4 is 10.1 Å². The summed E-state index contributed by atoms with van der Waals surface area (Å²) in [7, 11) is 0. The molecule has 1 unspecified atom stereocenters. The minimum atomic E-state index is -0.570. The molecule has 1 aromatic heterocycles. The molecule has 144 valence electrons. The van der Waals surface area contributed by atoms with E-state index in [-0.39, 0.29) is 11.9 Å². The van der Waals surface area contributed by atoms with Crippen LogP contribution in [0.2, 0.25) is 0 Å². The number of hydrogen-bond donors (Lipinski definition) is 2. The van der Waals surface area contributed by atoms with Gasteiger partial charge in [0, 0.05) is 19.3 Å². The number of carbonyl (C=O) groups excluding carboxylic acids is 1. The number of amides is 2. The van der Waals surface area contributed by atoms with E-state index in [1.807, 2.05) is 49.4 Å². The summed E-state index contributed by atoms with van der Waals surface area (Å²) in [5, 5.41) is 13.4. The third kappa shape index (κ3) is 5.20. The molecular formula is C21H27N3O3. The van der Waals surface area contributed by atoms with Crippen LogP contribution in [-0.4, -0.2) is 47.3 Å². The summed E-state index contributed by atoms with van der Waals surface area (Å²) in [6, 6.07) is 13.3. The number of aromatic nitrogens is 1. The molecule has 0 radical (unpaired) electrons. The summed E-state index contributed by atoms with van der Waals surface area (Å²) >= 11 is 0. The summed E-state index contributed by atoms with van der Waals surface area (Å²) in [6.45, 7) is 4.17. The molecule has 1 saturated heterocycles. The number of aliphatic hydroxyl groups excluding tert-OH is 1. The van der Waals surface area contributed by atoms with Crippen LogP contribution in [0, 0.1) is 12.8 Å². The lowest BCUT2D eigenvalue weighted by atomic mass is 9.89. The van der Waals surface area contributed by atoms with Crippen molar-refractivity contribution in [3.8, 4) is 5.75 Å². The normalized spacial score (nSPS) is 16.0. The van der Waals surface area contributed by atoms with Gasteiger partial charge in [-0.2, -0.15) is 0 Å². The van der Waals surface area contributed by atoms with E-state index in [0.29, 0.717) is 31.9 Å². The largest absolute Gasteiger partial charge is 0.491 e. The van der Waals surface area contributed by atoms with E-state index in [2.05, 4.69) is 10.3 Å². The monoisotopic (exact) mass is 369 g/mol. The van der Waals surface area contributed by atoms with Crippen molar-refractivity contribution in [3.05, 3.63) is 59.9 Å². The number of ether oxygens (including phenoxy) is 1. The maximum absolute atomic E-state index is 12.3. The minimum Gasteiger partial charge on any atom is -0.491 e. The highest BCUT2D eigenvalue weighted by Gasteiger charge is 2.28. The second-order valence-corrected chi connectivity index (χ2v) is 6.87. The fraction of sp³-hybridized carbons (Fsp3) is 0.429. The zero-order valence-electron chi connectivity index (χ0n) is 15.7. The number of likely N-dealkylation sites (tertiary alicyclic amines) is 1. The van der Waals surface area contributed by atoms with Crippen LogP contribution in [0.1, 0.15) is 30.2 Å². The van der Waals surface area contributed by atoms with Gasteiger partial charge in [-0.25, -0.2) is 4.79 Å². The summed E-state index contributed by atoms with van der Waals surface area (Å²) in [5.74, 6) is 0.976. The number of carbonyl (C=O) groups is 1. The van der Waals surface area contributed by atoms with Gasteiger partial charge >= 0.3 is 6.03 Å². The van der Waals surface area contributed by atoms with Crippen molar-refractivity contribution in [2.24, 2.45) is 5.92 Å². The lowest BCUT2D eigenvalue weighted by Gasteiger charge is -2.34. The summed E-state index contributed by atoms with van der Waals surface area (Å²) in [6.07, 6.45) is 2.66. The van der Waals surface area contributed by atoms with E-state index in [4.69, 9.17) is 4.74 Å². The highest BCUT2D eigenvalue weighted by Crippen LogP contribution is 2.29. The molecule has 1 aliphatic rings. The Kier molecular flexibility index (Phi) is 6.65. The molecule has 0 aliphatic carbocycles. The molecule has 2 heterocycles. The van der Waals surface area contributed by atoms with Crippen molar-refractivity contribution in [3.63, 3.8) is 0 Å². The highest BCUT2D eigenvalue weighted by atomic mass is 16.5. The predicted molar refractivity (Wildman–Crippen MR) is 104 cm³/mol. The molecule has 6 heteroatoms. The number of para-hydroxylation sites is 1. The molecule has 1 fully saturated rings. The van der Waals surface area contributed by atoms with Crippen molar-refractivity contribution in [2.75, 3.05) is 26.2 Å². The number of hydrogen-bond acceptors (Lipinski definition) is 4. The van der Waals surface area contributed by atoms with Crippen molar-refractivity contribution in [1.29, 1.82) is 0 Å². The second-order valence-electron chi connectivity index (χ2n) is 6.87. The van der Waals surface area contributed by atoms with Crippen LogP contribution in [0.3, 0.4) is 0 Å². The molecule has 6 nitrogen and oxygen atoms in total. The molecule has 1 aromatic carbocycles. The lowest BCUT2D eigenvalue weighted by molar-refractivity contribution is 0.0634. The van der Waals surface area contributed by atoms with Crippen LogP contribution in [-0.2, 0) is 0 Å². The molecule has 0 spiro atoms. The van der Waals surface area contributed by atoms with E-state index in [1.54, 1.807) is 11.1 Å². The van der Waals surface area contributed by atoms with Crippen molar-refractivity contribution < 1.29 is 14.6 Å². The van der Waals surface area contributed by atoms with Gasteiger partial charge < -0.3 is 20.1 Å². The van der Waals surface area contributed by atoms with E-state index < -0.39 is 6.10 Å². The van der Waals surface area contributed by atoms with Gasteiger partial charge in [0.25, 0.3) is 0 Å². The molecule has 1 atom stereocenters. The maximum atomic E-state index is 12.3. The third-order valence-corrected chi connectivity index (χ3v) is 4.99. The molecule has 2 aromatic rings. The standard InChI is InChI=1S/C21H27N3O3/c1-16-6-2-3-8-19(16)27-15-12-23-21(26)24-13-9-17(10-14-24)20(25)18-7-4-5-11-22-18/h2-8,11,17,20,25H,9-10,12-15H2,1H3,(H,23,26). The second kappa shape index (κ2) is 9.37. The fourth-order valence-corrected chi connectivity index (χ4v) is 3.36. The third-order valence-electron chi connectivity index (χ3n) is 4.99. The Balaban J connectivity index is 1.38. The van der Waals surface area contributed by atoms with Crippen LogP contribution in [0.5, 0.6) is 5.75 Å². The Hall–Kier alpha value is -2.60. The lowest BCUT2D eigenvalue weighted by Crippen LogP contribution is -2.46. The van der Waals surface area contributed by atoms with Gasteiger partial charge in [-0.05, 0) is 49.4 Å². The van der Waals surface area contributed by atoms with E-state index in [1.165, 1.54) is 0 Å². The Morgan fingerprint density at radius 1 is 1.26 bits per heavy atom. The van der Waals surface area contributed by atoms with Gasteiger partial charge in [0.15, 0.2) is 0 Å². The van der Waals surface area contributed by atoms with Crippen LogP contribution in [0.15, 0.2) is 48.7 Å². The first-order chi connectivity index (χ1) is 13.1. The first-order valence-corrected chi connectivity index (χ1v) is 9.45. The van der Waals surface area contributed by atoms with E-state index in [9.17, 15) is 9.90 Å². The first kappa shape index (κ1) is 19.2. The van der Waals surface area contributed by atoms with Gasteiger partial charge in [-0.1, -0.05) is 24.3 Å². The highest BCUT2D eigenvalue weighted by molar-refractivity contribution is 5.74. The molecule has 0 bridgehead atoms. The number of aryl methyl sites for hydroxylation is 1. The van der Waals surface area contributed by atoms with Gasteiger partial charge in [0.05, 0.1) is 18.3 Å². The smallest absolute Gasteiger partial charge is 0.317 e. The number of nitrogens with one attached hydrogen (secondary N) is 1. The molecule has 2 N–H and O–H groups in total. The maximum Gasteiger partial charge on any atom is 0.317 e. The fourth-order valence-electron chi connectivity index (χ4n) is 3.36. The number of piperidine rings is 1. The van der Waals surface area contributed by atoms with Crippen molar-refractivity contribution in [1.82, 2.24) is 15.2 Å².